The largest absolute Gasteiger partial charge is 0.494 e. The SMILES string of the molecule is CCC1(COCCCCCCOc2ccc3c(C=N)c(C(=O)Oc4ccc(C(=O)Oc5ccc(OCCCOCC6CCC7OC7C6)cc5)cc4C)ccc3c2C=N)COC1. The van der Waals surface area contributed by atoms with Crippen molar-refractivity contribution in [1.29, 1.82) is 10.8 Å². The molecule has 2 saturated heterocycles. The molecule has 0 bridgehead atoms. The molecule has 3 unspecified atom stereocenters. The van der Waals surface area contributed by atoms with Gasteiger partial charge in [0.1, 0.15) is 23.0 Å². The van der Waals surface area contributed by atoms with E-state index in [4.69, 9.17) is 48.7 Å². The first-order valence-corrected chi connectivity index (χ1v) is 21.7. The van der Waals surface area contributed by atoms with E-state index in [0.717, 1.165) is 90.6 Å². The number of hydrogen-bond acceptors (Lipinski definition) is 12. The molecule has 0 spiro atoms. The van der Waals surface area contributed by atoms with Crippen LogP contribution in [0.2, 0.25) is 0 Å². The zero-order valence-corrected chi connectivity index (χ0v) is 35.3. The van der Waals surface area contributed by atoms with Crippen LogP contribution in [0.4, 0.5) is 0 Å². The van der Waals surface area contributed by atoms with Crippen molar-refractivity contribution in [2.75, 3.05) is 52.9 Å². The molecule has 0 radical (unpaired) electrons. The third-order valence-corrected chi connectivity index (χ3v) is 12.0. The van der Waals surface area contributed by atoms with Crippen molar-refractivity contribution in [2.24, 2.45) is 11.3 Å². The Bertz CT molecular complexity index is 2140. The van der Waals surface area contributed by atoms with E-state index < -0.39 is 11.9 Å². The lowest BCUT2D eigenvalue weighted by molar-refractivity contribution is -0.150. The van der Waals surface area contributed by atoms with Crippen LogP contribution in [0.3, 0.4) is 0 Å². The van der Waals surface area contributed by atoms with Crippen LogP contribution < -0.4 is 18.9 Å². The molecule has 324 valence electrons. The lowest BCUT2D eigenvalue weighted by Gasteiger charge is -2.40. The van der Waals surface area contributed by atoms with Crippen LogP contribution in [0.1, 0.15) is 102 Å². The van der Waals surface area contributed by atoms with Gasteiger partial charge >= 0.3 is 11.9 Å². The highest BCUT2D eigenvalue weighted by molar-refractivity contribution is 6.13. The molecule has 2 aliphatic heterocycles. The van der Waals surface area contributed by atoms with E-state index in [-0.39, 0.29) is 16.7 Å². The van der Waals surface area contributed by atoms with Crippen LogP contribution in [-0.4, -0.2) is 89.4 Å². The number of nitrogens with one attached hydrogen (secondary N) is 2. The van der Waals surface area contributed by atoms with E-state index in [1.807, 2.05) is 6.07 Å². The highest BCUT2D eigenvalue weighted by atomic mass is 16.6. The van der Waals surface area contributed by atoms with E-state index in [1.165, 1.54) is 12.6 Å². The van der Waals surface area contributed by atoms with Crippen LogP contribution in [0.5, 0.6) is 23.0 Å². The van der Waals surface area contributed by atoms with Gasteiger partial charge in [-0.25, -0.2) is 9.59 Å². The average molecular weight is 835 g/mol. The van der Waals surface area contributed by atoms with E-state index in [2.05, 4.69) is 6.92 Å². The number of rotatable bonds is 24. The van der Waals surface area contributed by atoms with Crippen molar-refractivity contribution >= 4 is 35.1 Å². The van der Waals surface area contributed by atoms with Crippen LogP contribution in [0.25, 0.3) is 10.8 Å². The first kappa shape index (κ1) is 43.9. The summed E-state index contributed by atoms with van der Waals surface area (Å²) in [5.74, 6) is 1.29. The van der Waals surface area contributed by atoms with Gasteiger partial charge in [0.15, 0.2) is 0 Å². The van der Waals surface area contributed by atoms with Crippen molar-refractivity contribution in [3.8, 4) is 23.0 Å². The van der Waals surface area contributed by atoms with E-state index >= 15 is 0 Å². The zero-order valence-electron chi connectivity index (χ0n) is 35.3. The van der Waals surface area contributed by atoms with Crippen LogP contribution >= 0.6 is 0 Å². The van der Waals surface area contributed by atoms with Crippen molar-refractivity contribution in [3.63, 3.8) is 0 Å². The molecule has 0 amide bonds. The average Bonchev–Trinajstić information content (AvgIpc) is 4.05. The molecule has 3 atom stereocenters. The minimum absolute atomic E-state index is 0.201. The number of benzene rings is 4. The molecule has 2 heterocycles. The van der Waals surface area contributed by atoms with Crippen molar-refractivity contribution in [3.05, 3.63) is 94.5 Å². The highest BCUT2D eigenvalue weighted by Crippen LogP contribution is 2.39. The monoisotopic (exact) mass is 834 g/mol. The Morgan fingerprint density at radius 1 is 0.721 bits per heavy atom. The van der Waals surface area contributed by atoms with Gasteiger partial charge in [0.25, 0.3) is 0 Å². The fourth-order valence-electron chi connectivity index (χ4n) is 8.01. The summed E-state index contributed by atoms with van der Waals surface area (Å²) in [5.41, 5.74) is 2.22. The molecular formula is C49H58N2O10. The molecule has 0 aromatic heterocycles. The lowest BCUT2D eigenvalue weighted by atomic mass is 9.84. The standard InChI is InChI=1S/C49H58N2O10/c1-3-49(31-56-32-49)30-55-21-6-4-5-7-23-58-44-20-17-38-39(42(44)28-51)15-16-40(41(38)27-50)48(53)61-43-19-10-35(25-33(43)2)47(52)59-37-13-11-36(12-14-37)57-24-8-22-54-29-34-9-18-45-46(26-34)60-45/h10-17,19-20,25,27-28,34,45-46,50-51H,3-9,18,21-24,26,29-32H2,1-2H3. The lowest BCUT2D eigenvalue weighted by Crippen LogP contribution is -2.45. The predicted molar refractivity (Wildman–Crippen MR) is 233 cm³/mol. The van der Waals surface area contributed by atoms with E-state index in [1.54, 1.807) is 67.6 Å². The van der Waals surface area contributed by atoms with Crippen LogP contribution in [0.15, 0.2) is 66.7 Å². The number of carbonyl (C=O) groups is 2. The second-order valence-electron chi connectivity index (χ2n) is 16.4. The summed E-state index contributed by atoms with van der Waals surface area (Å²) in [5, 5.41) is 17.7. The fourth-order valence-corrected chi connectivity index (χ4v) is 8.01. The smallest absolute Gasteiger partial charge is 0.344 e. The van der Waals surface area contributed by atoms with Gasteiger partial charge in [0.05, 0.1) is 56.4 Å². The number of carbonyl (C=O) groups excluding carboxylic acids is 2. The molecule has 61 heavy (non-hydrogen) atoms. The van der Waals surface area contributed by atoms with Gasteiger partial charge in [-0.1, -0.05) is 19.4 Å². The summed E-state index contributed by atoms with van der Waals surface area (Å²) in [6.45, 7) is 9.49. The Balaban J connectivity index is 0.853. The number of aryl methyl sites for hydroxylation is 1. The second-order valence-corrected chi connectivity index (χ2v) is 16.4. The maximum atomic E-state index is 13.5. The van der Waals surface area contributed by atoms with Gasteiger partial charge in [-0.15, -0.1) is 0 Å². The minimum Gasteiger partial charge on any atom is -0.494 e. The molecule has 1 aliphatic carbocycles. The third-order valence-electron chi connectivity index (χ3n) is 12.0. The topological polar surface area (TPSA) is 159 Å². The Kier molecular flexibility index (Phi) is 15.2. The summed E-state index contributed by atoms with van der Waals surface area (Å²) in [6, 6.07) is 18.5. The van der Waals surface area contributed by atoms with E-state index in [0.29, 0.717) is 88.2 Å². The summed E-state index contributed by atoms with van der Waals surface area (Å²) < 4.78 is 46.1. The number of hydrogen-bond donors (Lipinski definition) is 2. The van der Waals surface area contributed by atoms with Gasteiger partial charge in [0.2, 0.25) is 0 Å². The molecule has 2 N–H and O–H groups in total. The van der Waals surface area contributed by atoms with Crippen LogP contribution in [0, 0.1) is 29.1 Å². The fraction of sp³-hybridized carbons (Fsp3) is 0.469. The first-order valence-electron chi connectivity index (χ1n) is 21.7. The molecule has 12 nitrogen and oxygen atoms in total. The Hall–Kier alpha value is -5.14. The van der Waals surface area contributed by atoms with Gasteiger partial charge < -0.3 is 48.7 Å². The second kappa shape index (κ2) is 21.1. The van der Waals surface area contributed by atoms with Gasteiger partial charge in [-0.3, -0.25) is 0 Å². The molecule has 7 rings (SSSR count). The maximum Gasteiger partial charge on any atom is 0.344 e. The Morgan fingerprint density at radius 3 is 2.15 bits per heavy atom. The number of esters is 2. The molecule has 4 aromatic rings. The number of fused-ring (bicyclic) bond motifs is 2. The summed E-state index contributed by atoms with van der Waals surface area (Å²) in [7, 11) is 0. The maximum absolute atomic E-state index is 13.5. The summed E-state index contributed by atoms with van der Waals surface area (Å²) in [4.78, 5) is 26.6. The number of epoxide rings is 1. The number of unbranched alkanes of at least 4 members (excludes halogenated alkanes) is 3. The van der Waals surface area contributed by atoms with Gasteiger partial charge in [-0.2, -0.15) is 0 Å². The third kappa shape index (κ3) is 11.4. The Labute approximate surface area is 358 Å². The van der Waals surface area contributed by atoms with Crippen molar-refractivity contribution in [1.82, 2.24) is 0 Å². The molecule has 3 fully saturated rings. The number of ether oxygens (including phenoxy) is 8. The van der Waals surface area contributed by atoms with Gasteiger partial charge in [0, 0.05) is 55.2 Å². The molecule has 3 aliphatic rings. The van der Waals surface area contributed by atoms with Crippen molar-refractivity contribution < 1.29 is 47.5 Å². The van der Waals surface area contributed by atoms with Crippen LogP contribution in [-0.2, 0) is 18.9 Å². The summed E-state index contributed by atoms with van der Waals surface area (Å²) in [6.07, 6.45) is 12.6. The predicted octanol–water partition coefficient (Wildman–Crippen LogP) is 9.32. The van der Waals surface area contributed by atoms with E-state index in [9.17, 15) is 9.59 Å². The first-order chi connectivity index (χ1) is 29.8. The quantitative estimate of drug-likeness (QED) is 0.0229. The Morgan fingerprint density at radius 2 is 1.43 bits per heavy atom. The molecular weight excluding hydrogens is 777 g/mol. The molecule has 4 aromatic carbocycles. The van der Waals surface area contributed by atoms with Crippen molar-refractivity contribution in [2.45, 2.75) is 83.8 Å². The molecule has 12 heteroatoms. The normalized spacial score (nSPS) is 18.7. The zero-order chi connectivity index (χ0) is 42.6. The highest BCUT2D eigenvalue weighted by Gasteiger charge is 2.43. The summed E-state index contributed by atoms with van der Waals surface area (Å²) >= 11 is 0. The molecule has 1 saturated carbocycles. The van der Waals surface area contributed by atoms with Gasteiger partial charge in [-0.05, 0) is 135 Å². The minimum atomic E-state index is -0.649.